The molecular formula is C31H38ClN3O5S. The molecule has 0 aliphatic heterocycles. The van der Waals surface area contributed by atoms with Crippen molar-refractivity contribution < 1.29 is 22.7 Å². The molecule has 0 fully saturated rings. The topological polar surface area (TPSA) is 96.0 Å². The van der Waals surface area contributed by atoms with Crippen LogP contribution in [-0.2, 0) is 26.2 Å². The first-order valence-electron chi connectivity index (χ1n) is 13.5. The van der Waals surface area contributed by atoms with E-state index in [0.29, 0.717) is 6.42 Å². The minimum atomic E-state index is -4.25. The number of sulfonamides is 1. The van der Waals surface area contributed by atoms with Crippen LogP contribution >= 0.6 is 11.6 Å². The number of aryl methyl sites for hydroxylation is 2. The number of benzene rings is 3. The summed E-state index contributed by atoms with van der Waals surface area (Å²) in [5.41, 5.74) is 2.87. The third-order valence-electron chi connectivity index (χ3n) is 6.59. The van der Waals surface area contributed by atoms with Crippen molar-refractivity contribution in [1.82, 2.24) is 10.2 Å². The van der Waals surface area contributed by atoms with Crippen molar-refractivity contribution in [2.24, 2.45) is 0 Å². The van der Waals surface area contributed by atoms with Crippen LogP contribution in [0.5, 0.6) is 5.75 Å². The third-order valence-corrected chi connectivity index (χ3v) is 8.60. The van der Waals surface area contributed by atoms with E-state index in [1.54, 1.807) is 24.3 Å². The molecule has 0 unspecified atom stereocenters. The number of carbonyl (C=O) groups excluding carboxylic acids is 2. The molecule has 3 rings (SSSR count). The van der Waals surface area contributed by atoms with Crippen LogP contribution in [0, 0.1) is 13.8 Å². The molecule has 220 valence electrons. The Morgan fingerprint density at radius 2 is 1.54 bits per heavy atom. The van der Waals surface area contributed by atoms with Gasteiger partial charge in [-0.15, -0.1) is 0 Å². The van der Waals surface area contributed by atoms with E-state index in [1.165, 1.54) is 30.2 Å². The van der Waals surface area contributed by atoms with Gasteiger partial charge in [-0.05, 0) is 70.0 Å². The highest BCUT2D eigenvalue weighted by atomic mass is 35.5. The number of halogens is 1. The summed E-state index contributed by atoms with van der Waals surface area (Å²) in [7, 11) is -2.84. The molecule has 0 radical (unpaired) electrons. The first kappa shape index (κ1) is 32.0. The lowest BCUT2D eigenvalue weighted by atomic mass is 10.1. The highest BCUT2D eigenvalue weighted by Gasteiger charge is 2.35. The van der Waals surface area contributed by atoms with Gasteiger partial charge in [-0.1, -0.05) is 66.0 Å². The summed E-state index contributed by atoms with van der Waals surface area (Å²) < 4.78 is 34.6. The molecule has 0 aromatic heterocycles. The second-order valence-corrected chi connectivity index (χ2v) is 12.5. The minimum absolute atomic E-state index is 0.00704. The summed E-state index contributed by atoms with van der Waals surface area (Å²) in [6.07, 6.45) is 0.335. The van der Waals surface area contributed by atoms with Crippen LogP contribution in [0.15, 0.2) is 71.6 Å². The van der Waals surface area contributed by atoms with Crippen molar-refractivity contribution in [2.45, 2.75) is 64.6 Å². The SMILES string of the molecule is CC[C@@H](C(=O)NC(C)C)N(Cc1ccc(C)cc1)C(=O)CN(c1cc(Cl)ccc1OC)S(=O)(=O)c1ccc(C)cc1. The molecule has 1 N–H and O–H groups in total. The lowest BCUT2D eigenvalue weighted by Crippen LogP contribution is -2.53. The number of amides is 2. The Labute approximate surface area is 248 Å². The molecule has 3 aromatic rings. The monoisotopic (exact) mass is 599 g/mol. The van der Waals surface area contributed by atoms with Crippen molar-refractivity contribution in [3.63, 3.8) is 0 Å². The number of carbonyl (C=O) groups is 2. The van der Waals surface area contributed by atoms with Gasteiger partial charge in [-0.2, -0.15) is 0 Å². The normalized spacial score (nSPS) is 12.1. The van der Waals surface area contributed by atoms with Crippen molar-refractivity contribution in [3.8, 4) is 5.75 Å². The third kappa shape index (κ3) is 8.01. The number of nitrogens with zero attached hydrogens (tertiary/aromatic N) is 2. The summed E-state index contributed by atoms with van der Waals surface area (Å²) in [5.74, 6) is -0.627. The van der Waals surface area contributed by atoms with Gasteiger partial charge < -0.3 is 15.0 Å². The zero-order valence-corrected chi connectivity index (χ0v) is 25.9. The van der Waals surface area contributed by atoms with E-state index < -0.39 is 28.5 Å². The van der Waals surface area contributed by atoms with Crippen molar-refractivity contribution in [2.75, 3.05) is 18.0 Å². The van der Waals surface area contributed by atoms with E-state index >= 15 is 0 Å². The molecule has 0 heterocycles. The largest absolute Gasteiger partial charge is 0.495 e. The lowest BCUT2D eigenvalue weighted by Gasteiger charge is -2.34. The molecule has 0 spiro atoms. The smallest absolute Gasteiger partial charge is 0.264 e. The second-order valence-electron chi connectivity index (χ2n) is 10.2. The number of methoxy groups -OCH3 is 1. The average molecular weight is 600 g/mol. The highest BCUT2D eigenvalue weighted by molar-refractivity contribution is 7.92. The van der Waals surface area contributed by atoms with Crippen molar-refractivity contribution >= 4 is 39.1 Å². The molecule has 0 aliphatic rings. The molecule has 0 saturated carbocycles. The first-order valence-corrected chi connectivity index (χ1v) is 15.3. The summed E-state index contributed by atoms with van der Waals surface area (Å²) >= 11 is 6.29. The van der Waals surface area contributed by atoms with Gasteiger partial charge >= 0.3 is 0 Å². The van der Waals surface area contributed by atoms with Crippen LogP contribution in [0.25, 0.3) is 0 Å². The van der Waals surface area contributed by atoms with Crippen LogP contribution in [0.2, 0.25) is 5.02 Å². The first-order chi connectivity index (χ1) is 19.4. The molecule has 1 atom stereocenters. The standard InChI is InChI=1S/C31H38ClN3O5S/c1-7-27(31(37)33-21(2)3)34(19-24-12-8-22(4)9-13-24)30(36)20-35(28-18-25(32)14-17-29(28)40-6)41(38,39)26-15-10-23(5)11-16-26/h8-18,21,27H,7,19-20H2,1-6H3,(H,33,37)/t27-/m0/s1. The fourth-order valence-corrected chi connectivity index (χ4v) is 5.98. The molecule has 2 amide bonds. The Morgan fingerprint density at radius 1 is 0.951 bits per heavy atom. The van der Waals surface area contributed by atoms with E-state index in [0.717, 1.165) is 21.0 Å². The molecule has 0 bridgehead atoms. The average Bonchev–Trinajstić information content (AvgIpc) is 2.92. The summed E-state index contributed by atoms with van der Waals surface area (Å²) in [6, 6.07) is 17.6. The Hall–Kier alpha value is -3.56. The summed E-state index contributed by atoms with van der Waals surface area (Å²) in [4.78, 5) is 28.9. The van der Waals surface area contributed by atoms with Gasteiger partial charge in [0, 0.05) is 17.6 Å². The van der Waals surface area contributed by atoms with Crippen LogP contribution in [0.3, 0.4) is 0 Å². The number of hydrogen-bond donors (Lipinski definition) is 1. The van der Waals surface area contributed by atoms with Gasteiger partial charge in [0.25, 0.3) is 10.0 Å². The van der Waals surface area contributed by atoms with Crippen molar-refractivity contribution in [3.05, 3.63) is 88.4 Å². The van der Waals surface area contributed by atoms with Gasteiger partial charge in [0.2, 0.25) is 11.8 Å². The molecule has 0 saturated heterocycles. The maximum Gasteiger partial charge on any atom is 0.264 e. The van der Waals surface area contributed by atoms with Gasteiger partial charge in [0.05, 0.1) is 17.7 Å². The Balaban J connectivity index is 2.13. The highest BCUT2D eigenvalue weighted by Crippen LogP contribution is 2.35. The summed E-state index contributed by atoms with van der Waals surface area (Å²) in [5, 5.41) is 3.17. The Morgan fingerprint density at radius 3 is 2.07 bits per heavy atom. The maximum atomic E-state index is 14.2. The van der Waals surface area contributed by atoms with Crippen LogP contribution in [-0.4, -0.2) is 50.9 Å². The van der Waals surface area contributed by atoms with Gasteiger partial charge in [-0.3, -0.25) is 13.9 Å². The zero-order chi connectivity index (χ0) is 30.3. The fourth-order valence-electron chi connectivity index (χ4n) is 4.40. The number of anilines is 1. The van der Waals surface area contributed by atoms with Gasteiger partial charge in [0.1, 0.15) is 18.3 Å². The molecular weight excluding hydrogens is 562 g/mol. The molecule has 10 heteroatoms. The predicted octanol–water partition coefficient (Wildman–Crippen LogP) is 5.49. The Kier molecular flexibility index (Phi) is 10.8. The molecule has 8 nitrogen and oxygen atoms in total. The second kappa shape index (κ2) is 13.9. The van der Waals surface area contributed by atoms with E-state index in [2.05, 4.69) is 5.32 Å². The Bertz CT molecular complexity index is 1460. The van der Waals surface area contributed by atoms with Crippen molar-refractivity contribution in [1.29, 1.82) is 0 Å². The van der Waals surface area contributed by atoms with Crippen LogP contribution in [0.1, 0.15) is 43.9 Å². The number of hydrogen-bond acceptors (Lipinski definition) is 5. The van der Waals surface area contributed by atoms with Crippen LogP contribution < -0.4 is 14.4 Å². The number of ether oxygens (including phenoxy) is 1. The van der Waals surface area contributed by atoms with Gasteiger partial charge in [0.15, 0.2) is 0 Å². The van der Waals surface area contributed by atoms with E-state index in [1.807, 2.05) is 58.9 Å². The molecule has 41 heavy (non-hydrogen) atoms. The minimum Gasteiger partial charge on any atom is -0.495 e. The van der Waals surface area contributed by atoms with Crippen LogP contribution in [0.4, 0.5) is 5.69 Å². The lowest BCUT2D eigenvalue weighted by molar-refractivity contribution is -0.140. The number of rotatable bonds is 12. The summed E-state index contributed by atoms with van der Waals surface area (Å²) in [6.45, 7) is 8.87. The molecule has 0 aliphatic carbocycles. The molecule has 3 aromatic carbocycles. The van der Waals surface area contributed by atoms with Gasteiger partial charge in [-0.25, -0.2) is 8.42 Å². The number of nitrogens with one attached hydrogen (secondary N) is 1. The van der Waals surface area contributed by atoms with E-state index in [9.17, 15) is 18.0 Å². The quantitative estimate of drug-likeness (QED) is 0.297. The van der Waals surface area contributed by atoms with E-state index in [-0.39, 0.29) is 39.8 Å². The predicted molar refractivity (Wildman–Crippen MR) is 163 cm³/mol. The van der Waals surface area contributed by atoms with E-state index in [4.69, 9.17) is 16.3 Å². The fraction of sp³-hybridized carbons (Fsp3) is 0.355. The zero-order valence-electron chi connectivity index (χ0n) is 24.3. The maximum absolute atomic E-state index is 14.2.